The molecule has 86 valence electrons. The molecule has 0 aromatic rings. The molecule has 15 heavy (non-hydrogen) atoms. The third kappa shape index (κ3) is 3.66. The summed E-state index contributed by atoms with van der Waals surface area (Å²) in [5, 5.41) is 6.39. The Hall–Kier alpha value is -0.260. The number of amides is 1. The lowest BCUT2D eigenvalue weighted by Crippen LogP contribution is -2.49. The van der Waals surface area contributed by atoms with Crippen LogP contribution in [0.3, 0.4) is 0 Å². The maximum Gasteiger partial charge on any atom is 0.234 e. The zero-order chi connectivity index (χ0) is 10.5. The number of thioether (sulfide) groups is 1. The summed E-state index contributed by atoms with van der Waals surface area (Å²) in [6, 6.07) is 0.422. The Morgan fingerprint density at radius 1 is 1.47 bits per heavy atom. The van der Waals surface area contributed by atoms with Gasteiger partial charge in [-0.05, 0) is 12.2 Å². The highest BCUT2D eigenvalue weighted by molar-refractivity contribution is 7.99. The molecule has 0 saturated carbocycles. The van der Waals surface area contributed by atoms with Crippen LogP contribution in [0.25, 0.3) is 0 Å². The zero-order valence-electron chi connectivity index (χ0n) is 9.00. The molecule has 1 unspecified atom stereocenters. The van der Waals surface area contributed by atoms with E-state index >= 15 is 0 Å². The Balaban J connectivity index is 1.66. The molecule has 4 nitrogen and oxygen atoms in total. The van der Waals surface area contributed by atoms with Crippen LogP contribution in [0.4, 0.5) is 0 Å². The van der Waals surface area contributed by atoms with E-state index in [4.69, 9.17) is 0 Å². The molecular weight excluding hydrogens is 210 g/mol. The predicted octanol–water partition coefficient (Wildman–Crippen LogP) is -0.487. The third-order valence-corrected chi connectivity index (χ3v) is 4.03. The first-order valence-corrected chi connectivity index (χ1v) is 6.80. The van der Waals surface area contributed by atoms with Crippen molar-refractivity contribution in [1.82, 2.24) is 15.5 Å². The van der Waals surface area contributed by atoms with Crippen molar-refractivity contribution in [2.24, 2.45) is 0 Å². The second-order valence-corrected chi connectivity index (χ2v) is 5.30. The second kappa shape index (κ2) is 5.72. The van der Waals surface area contributed by atoms with Crippen LogP contribution in [0.2, 0.25) is 0 Å². The summed E-state index contributed by atoms with van der Waals surface area (Å²) < 4.78 is 0. The van der Waals surface area contributed by atoms with Gasteiger partial charge in [-0.2, -0.15) is 11.8 Å². The van der Waals surface area contributed by atoms with Gasteiger partial charge >= 0.3 is 0 Å². The smallest absolute Gasteiger partial charge is 0.234 e. The fraction of sp³-hybridized carbons (Fsp3) is 0.900. The first-order valence-electron chi connectivity index (χ1n) is 5.65. The fourth-order valence-corrected chi connectivity index (χ4v) is 3.15. The van der Waals surface area contributed by atoms with Gasteiger partial charge in [0, 0.05) is 38.0 Å². The molecule has 5 heteroatoms. The molecule has 0 radical (unpaired) electrons. The SMILES string of the molecule is O=C(CN1CCNCC1)NC1CCSC1. The molecule has 0 aliphatic carbocycles. The standard InChI is InChI=1S/C10H19N3OS/c14-10(12-9-1-6-15-8-9)7-13-4-2-11-3-5-13/h9,11H,1-8H2,(H,12,14). The minimum absolute atomic E-state index is 0.199. The number of nitrogens with one attached hydrogen (secondary N) is 2. The molecule has 2 heterocycles. The minimum atomic E-state index is 0.199. The summed E-state index contributed by atoms with van der Waals surface area (Å²) in [5.74, 6) is 2.48. The summed E-state index contributed by atoms with van der Waals surface area (Å²) in [7, 11) is 0. The highest BCUT2D eigenvalue weighted by atomic mass is 32.2. The average molecular weight is 229 g/mol. The van der Waals surface area contributed by atoms with Crippen molar-refractivity contribution >= 4 is 17.7 Å². The topological polar surface area (TPSA) is 44.4 Å². The van der Waals surface area contributed by atoms with Crippen molar-refractivity contribution in [1.29, 1.82) is 0 Å². The van der Waals surface area contributed by atoms with Crippen molar-refractivity contribution in [3.8, 4) is 0 Å². The largest absolute Gasteiger partial charge is 0.351 e. The van der Waals surface area contributed by atoms with Gasteiger partial charge in [0.1, 0.15) is 0 Å². The van der Waals surface area contributed by atoms with Gasteiger partial charge in [0.15, 0.2) is 0 Å². The fourth-order valence-electron chi connectivity index (χ4n) is 1.99. The monoisotopic (exact) mass is 229 g/mol. The number of nitrogens with zero attached hydrogens (tertiary/aromatic N) is 1. The summed E-state index contributed by atoms with van der Waals surface area (Å²) in [6.45, 7) is 4.57. The van der Waals surface area contributed by atoms with Crippen LogP contribution in [0.1, 0.15) is 6.42 Å². The van der Waals surface area contributed by atoms with E-state index in [1.807, 2.05) is 11.8 Å². The van der Waals surface area contributed by atoms with Gasteiger partial charge in [-0.25, -0.2) is 0 Å². The number of hydrogen-bond donors (Lipinski definition) is 2. The van der Waals surface area contributed by atoms with Crippen molar-refractivity contribution in [2.45, 2.75) is 12.5 Å². The van der Waals surface area contributed by atoms with Gasteiger partial charge < -0.3 is 10.6 Å². The molecule has 2 saturated heterocycles. The highest BCUT2D eigenvalue weighted by Crippen LogP contribution is 2.16. The molecule has 0 spiro atoms. The van der Waals surface area contributed by atoms with Crippen molar-refractivity contribution < 1.29 is 4.79 Å². The van der Waals surface area contributed by atoms with Crippen LogP contribution in [0, 0.1) is 0 Å². The summed E-state index contributed by atoms with van der Waals surface area (Å²) in [5.41, 5.74) is 0. The zero-order valence-corrected chi connectivity index (χ0v) is 9.81. The van der Waals surface area contributed by atoms with Crippen LogP contribution in [-0.4, -0.2) is 61.1 Å². The maximum atomic E-state index is 11.7. The van der Waals surface area contributed by atoms with Crippen molar-refractivity contribution in [3.05, 3.63) is 0 Å². The molecule has 2 rings (SSSR count). The van der Waals surface area contributed by atoms with E-state index in [1.54, 1.807) is 0 Å². The maximum absolute atomic E-state index is 11.7. The van der Waals surface area contributed by atoms with Gasteiger partial charge in [-0.3, -0.25) is 9.69 Å². The molecule has 1 amide bonds. The molecule has 0 aromatic carbocycles. The van der Waals surface area contributed by atoms with Crippen LogP contribution in [0.5, 0.6) is 0 Å². The predicted molar refractivity (Wildman–Crippen MR) is 63.2 cm³/mol. The van der Waals surface area contributed by atoms with Gasteiger partial charge in [-0.15, -0.1) is 0 Å². The van der Waals surface area contributed by atoms with E-state index in [0.29, 0.717) is 12.6 Å². The minimum Gasteiger partial charge on any atom is -0.351 e. The Kier molecular flexibility index (Phi) is 4.29. The normalized spacial score (nSPS) is 27.9. The molecule has 1 atom stereocenters. The van der Waals surface area contributed by atoms with Crippen LogP contribution in [-0.2, 0) is 4.79 Å². The van der Waals surface area contributed by atoms with Gasteiger partial charge in [0.25, 0.3) is 0 Å². The van der Waals surface area contributed by atoms with E-state index in [1.165, 1.54) is 5.75 Å². The molecular formula is C10H19N3OS. The lowest BCUT2D eigenvalue weighted by Gasteiger charge is -2.26. The average Bonchev–Trinajstić information content (AvgIpc) is 2.71. The van der Waals surface area contributed by atoms with Gasteiger partial charge in [0.05, 0.1) is 6.54 Å². The van der Waals surface area contributed by atoms with Crippen molar-refractivity contribution in [2.75, 3.05) is 44.2 Å². The number of carbonyl (C=O) groups excluding carboxylic acids is 1. The molecule has 0 aromatic heterocycles. The highest BCUT2D eigenvalue weighted by Gasteiger charge is 2.19. The Labute approximate surface area is 95.2 Å². The molecule has 2 aliphatic heterocycles. The number of piperazine rings is 1. The quantitative estimate of drug-likeness (QED) is 0.686. The molecule has 2 N–H and O–H groups in total. The van der Waals surface area contributed by atoms with E-state index in [0.717, 1.165) is 38.4 Å². The summed E-state index contributed by atoms with van der Waals surface area (Å²) >= 11 is 1.93. The third-order valence-electron chi connectivity index (χ3n) is 2.87. The summed E-state index contributed by atoms with van der Waals surface area (Å²) in [4.78, 5) is 13.9. The van der Waals surface area contributed by atoms with Crippen molar-refractivity contribution in [3.63, 3.8) is 0 Å². The lowest BCUT2D eigenvalue weighted by atomic mass is 10.2. The number of carbonyl (C=O) groups is 1. The van der Waals surface area contributed by atoms with E-state index < -0.39 is 0 Å². The molecule has 0 bridgehead atoms. The Morgan fingerprint density at radius 3 is 2.93 bits per heavy atom. The van der Waals surface area contributed by atoms with Gasteiger partial charge in [0.2, 0.25) is 5.91 Å². The molecule has 2 fully saturated rings. The van der Waals surface area contributed by atoms with Crippen LogP contribution in [0.15, 0.2) is 0 Å². The number of hydrogen-bond acceptors (Lipinski definition) is 4. The Bertz CT molecular complexity index is 213. The first kappa shape index (κ1) is 11.2. The van der Waals surface area contributed by atoms with Crippen LogP contribution >= 0.6 is 11.8 Å². The number of rotatable bonds is 3. The molecule has 2 aliphatic rings. The Morgan fingerprint density at radius 2 is 2.27 bits per heavy atom. The van der Waals surface area contributed by atoms with Crippen LogP contribution < -0.4 is 10.6 Å². The second-order valence-electron chi connectivity index (χ2n) is 4.15. The first-order chi connectivity index (χ1) is 7.34. The van der Waals surface area contributed by atoms with Gasteiger partial charge in [-0.1, -0.05) is 0 Å². The van der Waals surface area contributed by atoms with E-state index in [9.17, 15) is 4.79 Å². The van der Waals surface area contributed by atoms with E-state index in [2.05, 4.69) is 15.5 Å². The van der Waals surface area contributed by atoms with E-state index in [-0.39, 0.29) is 5.91 Å². The summed E-state index contributed by atoms with van der Waals surface area (Å²) in [6.07, 6.45) is 1.14. The lowest BCUT2D eigenvalue weighted by molar-refractivity contribution is -0.122.